The summed E-state index contributed by atoms with van der Waals surface area (Å²) < 4.78 is 2.52. The van der Waals surface area contributed by atoms with Crippen LogP contribution in [0.1, 0.15) is 0 Å². The molecule has 10 aromatic carbocycles. The largest absolute Gasteiger partial charge is 0.310 e. The fraction of sp³-hybridized carbons (Fsp3) is 0. The molecule has 0 radical (unpaired) electrons. The van der Waals surface area contributed by atoms with Gasteiger partial charge in [-0.3, -0.25) is 0 Å². The molecule has 2 nitrogen and oxygen atoms in total. The second-order valence-electron chi connectivity index (χ2n) is 14.9. The van der Waals surface area contributed by atoms with Crippen molar-refractivity contribution < 1.29 is 0 Å². The molecule has 0 bridgehead atoms. The molecular formula is C56H38N2S. The van der Waals surface area contributed by atoms with Crippen molar-refractivity contribution in [2.24, 2.45) is 0 Å². The van der Waals surface area contributed by atoms with Gasteiger partial charge in [0.15, 0.2) is 0 Å². The molecule has 1 heterocycles. The van der Waals surface area contributed by atoms with Crippen molar-refractivity contribution in [3.05, 3.63) is 231 Å². The first-order chi connectivity index (χ1) is 29.3. The highest BCUT2D eigenvalue weighted by molar-refractivity contribution is 7.26. The number of hydrogen-bond donors (Lipinski definition) is 0. The summed E-state index contributed by atoms with van der Waals surface area (Å²) >= 11 is 1.88. The summed E-state index contributed by atoms with van der Waals surface area (Å²) in [6.45, 7) is 0. The monoisotopic (exact) mass is 770 g/mol. The summed E-state index contributed by atoms with van der Waals surface area (Å²) in [4.78, 5) is 4.83. The maximum Gasteiger partial charge on any atom is 0.0554 e. The lowest BCUT2D eigenvalue weighted by Gasteiger charge is -2.27. The van der Waals surface area contributed by atoms with Crippen LogP contribution in [-0.2, 0) is 0 Å². The van der Waals surface area contributed by atoms with Gasteiger partial charge in [-0.15, -0.1) is 11.3 Å². The van der Waals surface area contributed by atoms with Gasteiger partial charge in [-0.2, -0.15) is 0 Å². The van der Waals surface area contributed by atoms with E-state index in [9.17, 15) is 0 Å². The maximum absolute atomic E-state index is 2.42. The molecule has 3 heteroatoms. The smallest absolute Gasteiger partial charge is 0.0554 e. The summed E-state index contributed by atoms with van der Waals surface area (Å²) in [6, 6.07) is 83.4. The fourth-order valence-electron chi connectivity index (χ4n) is 8.70. The van der Waals surface area contributed by atoms with Crippen LogP contribution in [0.25, 0.3) is 64.0 Å². The second-order valence-corrected chi connectivity index (χ2v) is 16.0. The van der Waals surface area contributed by atoms with Crippen LogP contribution < -0.4 is 9.80 Å². The number of para-hydroxylation sites is 2. The number of nitrogens with zero attached hydrogens (tertiary/aromatic N) is 2. The number of rotatable bonds is 8. The Labute approximate surface area is 348 Å². The Morgan fingerprint density at radius 3 is 0.915 bits per heavy atom. The first-order valence-electron chi connectivity index (χ1n) is 20.1. The molecule has 0 aliphatic heterocycles. The van der Waals surface area contributed by atoms with E-state index in [0.29, 0.717) is 0 Å². The molecule has 1 aromatic heterocycles. The van der Waals surface area contributed by atoms with Crippen LogP contribution in [0.4, 0.5) is 34.1 Å². The van der Waals surface area contributed by atoms with E-state index in [1.165, 1.54) is 64.0 Å². The molecule has 0 aliphatic rings. The van der Waals surface area contributed by atoms with Crippen molar-refractivity contribution >= 4 is 87.2 Å². The molecule has 0 amide bonds. The van der Waals surface area contributed by atoms with Gasteiger partial charge in [0.2, 0.25) is 0 Å². The number of thiophene rings is 1. The molecule has 11 rings (SSSR count). The van der Waals surface area contributed by atoms with E-state index in [1.807, 2.05) is 11.3 Å². The molecule has 0 N–H and O–H groups in total. The number of hydrogen-bond acceptors (Lipinski definition) is 3. The van der Waals surface area contributed by atoms with Gasteiger partial charge in [-0.05, 0) is 93.7 Å². The Hall–Kier alpha value is -7.46. The maximum atomic E-state index is 2.42. The van der Waals surface area contributed by atoms with E-state index in [2.05, 4.69) is 240 Å². The van der Waals surface area contributed by atoms with Gasteiger partial charge in [-0.25, -0.2) is 0 Å². The minimum Gasteiger partial charge on any atom is -0.310 e. The minimum atomic E-state index is 1.12. The van der Waals surface area contributed by atoms with E-state index in [1.54, 1.807) is 0 Å². The first kappa shape index (κ1) is 34.8. The predicted octanol–water partition coefficient (Wildman–Crippen LogP) is 16.6. The van der Waals surface area contributed by atoms with Gasteiger partial charge in [0.25, 0.3) is 0 Å². The number of fused-ring (bicyclic) bond motifs is 7. The van der Waals surface area contributed by atoms with E-state index in [-0.39, 0.29) is 0 Å². The number of anilines is 6. The molecule has 11 aromatic rings. The van der Waals surface area contributed by atoms with Crippen molar-refractivity contribution in [1.29, 1.82) is 0 Å². The molecule has 0 atom stereocenters. The average Bonchev–Trinajstić information content (AvgIpc) is 3.70. The van der Waals surface area contributed by atoms with E-state index in [4.69, 9.17) is 0 Å². The van der Waals surface area contributed by atoms with Gasteiger partial charge in [0.05, 0.1) is 11.4 Å². The summed E-state index contributed by atoms with van der Waals surface area (Å²) in [5, 5.41) is 7.54. The van der Waals surface area contributed by atoms with Crippen LogP contribution in [0, 0.1) is 0 Å². The molecule has 278 valence electrons. The highest BCUT2D eigenvalue weighted by Crippen LogP contribution is 2.51. The van der Waals surface area contributed by atoms with Crippen LogP contribution in [-0.4, -0.2) is 0 Å². The van der Waals surface area contributed by atoms with Crippen LogP contribution in [0.3, 0.4) is 0 Å². The Balaban J connectivity index is 1.13. The average molecular weight is 771 g/mol. The Bertz CT molecular complexity index is 3010. The van der Waals surface area contributed by atoms with Crippen molar-refractivity contribution in [1.82, 2.24) is 0 Å². The second kappa shape index (κ2) is 14.8. The molecule has 0 aliphatic carbocycles. The molecule has 0 saturated carbocycles. The Morgan fingerprint density at radius 1 is 0.254 bits per heavy atom. The third-order valence-corrected chi connectivity index (χ3v) is 12.5. The molecule has 59 heavy (non-hydrogen) atoms. The van der Waals surface area contributed by atoms with Crippen LogP contribution in [0.5, 0.6) is 0 Å². The predicted molar refractivity (Wildman–Crippen MR) is 255 cm³/mol. The van der Waals surface area contributed by atoms with Gasteiger partial charge in [-0.1, -0.05) is 170 Å². The van der Waals surface area contributed by atoms with Crippen LogP contribution in [0.15, 0.2) is 231 Å². The summed E-state index contributed by atoms with van der Waals surface area (Å²) in [6.07, 6.45) is 0. The van der Waals surface area contributed by atoms with E-state index < -0.39 is 0 Å². The van der Waals surface area contributed by atoms with Gasteiger partial charge in [0.1, 0.15) is 0 Å². The van der Waals surface area contributed by atoms with E-state index in [0.717, 1.165) is 34.1 Å². The summed E-state index contributed by atoms with van der Waals surface area (Å²) in [7, 11) is 0. The zero-order valence-corrected chi connectivity index (χ0v) is 33.1. The molecule has 0 unspecified atom stereocenters. The van der Waals surface area contributed by atoms with Gasteiger partial charge < -0.3 is 9.80 Å². The van der Waals surface area contributed by atoms with Crippen molar-refractivity contribution in [3.63, 3.8) is 0 Å². The highest BCUT2D eigenvalue weighted by Gasteiger charge is 2.23. The fourth-order valence-corrected chi connectivity index (χ4v) is 9.91. The van der Waals surface area contributed by atoms with Crippen molar-refractivity contribution in [3.8, 4) is 22.3 Å². The Morgan fingerprint density at radius 2 is 0.542 bits per heavy atom. The lowest BCUT2D eigenvalue weighted by Crippen LogP contribution is -2.10. The molecule has 0 saturated heterocycles. The molecule has 0 fully saturated rings. The first-order valence-corrected chi connectivity index (χ1v) is 20.9. The SMILES string of the molecule is c1ccc(-c2ccc(N(c3ccccc3)c3cc4sc5cc(N(c6ccccc6)c6ccc(-c7ccccc7)cc6)c6ccccc6c5c4c4ccccc34)cc2)cc1. The zero-order chi connectivity index (χ0) is 39.1. The number of benzene rings is 10. The Kier molecular flexibility index (Phi) is 8.72. The van der Waals surface area contributed by atoms with Crippen molar-refractivity contribution in [2.75, 3.05) is 9.80 Å². The summed E-state index contributed by atoms with van der Waals surface area (Å²) in [5.41, 5.74) is 11.6. The molecule has 0 spiro atoms. The lowest BCUT2D eigenvalue weighted by molar-refractivity contribution is 1.30. The third-order valence-electron chi connectivity index (χ3n) is 11.4. The van der Waals surface area contributed by atoms with Crippen molar-refractivity contribution in [2.45, 2.75) is 0 Å². The lowest BCUT2D eigenvalue weighted by atomic mass is 9.96. The topological polar surface area (TPSA) is 6.48 Å². The van der Waals surface area contributed by atoms with Gasteiger partial charge >= 0.3 is 0 Å². The summed E-state index contributed by atoms with van der Waals surface area (Å²) in [5.74, 6) is 0. The normalized spacial score (nSPS) is 11.4. The molecular weight excluding hydrogens is 733 g/mol. The quantitative estimate of drug-likeness (QED) is 0.152. The highest BCUT2D eigenvalue weighted by atomic mass is 32.1. The zero-order valence-electron chi connectivity index (χ0n) is 32.2. The van der Waals surface area contributed by atoms with Gasteiger partial charge in [0, 0.05) is 53.7 Å². The standard InChI is InChI=1S/C56H38N2S/c1-5-17-39(18-6-1)41-29-33-45(34-30-41)57(43-21-9-3-10-22-43)51-37-53-55(49-27-15-13-25-47(49)51)56-50-28-16-14-26-48(50)52(38-54(56)59-53)58(44-23-11-4-12-24-44)46-35-31-42(32-36-46)40-19-7-2-8-20-40/h1-38H. The third kappa shape index (κ3) is 6.20. The van der Waals surface area contributed by atoms with Crippen LogP contribution in [0.2, 0.25) is 0 Å². The minimum absolute atomic E-state index is 1.12. The van der Waals surface area contributed by atoms with Crippen LogP contribution >= 0.6 is 11.3 Å². The van der Waals surface area contributed by atoms with E-state index >= 15 is 0 Å².